The van der Waals surface area contributed by atoms with Crippen molar-refractivity contribution in [2.75, 3.05) is 14.2 Å². The van der Waals surface area contributed by atoms with E-state index in [1.165, 1.54) is 4.40 Å². The fraction of sp³-hybridized carbons (Fsp3) is 0.250. The second kappa shape index (κ2) is 9.15. The number of aryl methyl sites for hydroxylation is 1. The van der Waals surface area contributed by atoms with Crippen LogP contribution in [0.15, 0.2) is 59.4 Å². The third kappa shape index (κ3) is 4.57. The Bertz CT molecular complexity index is 1340. The number of hydrogen-bond donors (Lipinski definition) is 1. The number of carbonyl (C=O) groups excluding carboxylic acids is 1. The van der Waals surface area contributed by atoms with E-state index in [1.807, 2.05) is 55.5 Å². The monoisotopic (exact) mass is 447 g/mol. The van der Waals surface area contributed by atoms with E-state index in [0.29, 0.717) is 17.2 Å². The Balaban J connectivity index is 1.55. The Morgan fingerprint density at radius 3 is 2.24 bits per heavy atom. The molecule has 0 radical (unpaired) electrons. The van der Waals surface area contributed by atoms with Crippen molar-refractivity contribution in [3.8, 4) is 22.8 Å². The van der Waals surface area contributed by atoms with Crippen LogP contribution in [0.25, 0.3) is 16.9 Å². The smallest absolute Gasteiger partial charge is 0.352 e. The van der Waals surface area contributed by atoms with Gasteiger partial charge in [0.1, 0.15) is 23.9 Å². The highest BCUT2D eigenvalue weighted by atomic mass is 16.5. The van der Waals surface area contributed by atoms with Crippen molar-refractivity contribution < 1.29 is 14.3 Å². The Kier molecular flexibility index (Phi) is 6.12. The molecule has 2 aromatic heterocycles. The number of hydrogen-bond acceptors (Lipinski definition) is 6. The molecule has 0 fully saturated rings. The lowest BCUT2D eigenvalue weighted by Gasteiger charge is -2.14. The third-order valence-electron chi connectivity index (χ3n) is 5.41. The molecule has 0 aliphatic heterocycles. The summed E-state index contributed by atoms with van der Waals surface area (Å²) in [7, 11) is 3.21. The summed E-state index contributed by atoms with van der Waals surface area (Å²) in [6.07, 6.45) is 0. The van der Waals surface area contributed by atoms with Gasteiger partial charge in [-0.25, -0.2) is 18.9 Å². The van der Waals surface area contributed by atoms with Gasteiger partial charge in [0.15, 0.2) is 5.65 Å². The van der Waals surface area contributed by atoms with E-state index in [4.69, 9.17) is 9.47 Å². The number of rotatable bonds is 7. The fourth-order valence-corrected chi connectivity index (χ4v) is 3.61. The molecule has 0 bridgehead atoms. The molecule has 0 aliphatic carbocycles. The van der Waals surface area contributed by atoms with Gasteiger partial charge in [-0.1, -0.05) is 12.1 Å². The van der Waals surface area contributed by atoms with E-state index in [0.717, 1.165) is 27.3 Å². The van der Waals surface area contributed by atoms with Crippen molar-refractivity contribution in [1.29, 1.82) is 0 Å². The van der Waals surface area contributed by atoms with Crippen LogP contribution in [0, 0.1) is 6.92 Å². The maximum absolute atomic E-state index is 12.9. The molecule has 4 rings (SSSR count). The lowest BCUT2D eigenvalue weighted by molar-refractivity contribution is -0.122. The average Bonchev–Trinajstić information content (AvgIpc) is 3.14. The van der Waals surface area contributed by atoms with E-state index in [9.17, 15) is 9.59 Å². The number of aromatic nitrogens is 4. The molecule has 1 amide bonds. The summed E-state index contributed by atoms with van der Waals surface area (Å²) in [6.45, 7) is 3.42. The predicted molar refractivity (Wildman–Crippen MR) is 124 cm³/mol. The number of nitrogens with zero attached hydrogens (tertiary/aromatic N) is 4. The van der Waals surface area contributed by atoms with Crippen molar-refractivity contribution in [3.63, 3.8) is 0 Å². The van der Waals surface area contributed by atoms with Crippen LogP contribution in [-0.2, 0) is 11.3 Å². The molecule has 2 heterocycles. The minimum Gasteiger partial charge on any atom is -0.497 e. The zero-order valence-corrected chi connectivity index (χ0v) is 18.9. The molecule has 9 nitrogen and oxygen atoms in total. The first-order valence-electron chi connectivity index (χ1n) is 10.4. The van der Waals surface area contributed by atoms with Crippen LogP contribution in [0.3, 0.4) is 0 Å². The molecule has 9 heteroatoms. The van der Waals surface area contributed by atoms with Gasteiger partial charge in [0.2, 0.25) is 5.91 Å². The average molecular weight is 447 g/mol. The topological polar surface area (TPSA) is 99.8 Å². The first-order valence-corrected chi connectivity index (χ1v) is 10.4. The van der Waals surface area contributed by atoms with E-state index in [2.05, 4.69) is 15.4 Å². The molecular formula is C24H25N5O4. The molecule has 0 saturated carbocycles. The Morgan fingerprint density at radius 2 is 1.64 bits per heavy atom. The van der Waals surface area contributed by atoms with E-state index in [-0.39, 0.29) is 18.5 Å². The summed E-state index contributed by atoms with van der Waals surface area (Å²) in [6, 6.07) is 16.4. The molecule has 0 spiro atoms. The number of benzene rings is 2. The molecule has 1 atom stereocenters. The van der Waals surface area contributed by atoms with Crippen LogP contribution >= 0.6 is 0 Å². The van der Waals surface area contributed by atoms with E-state index < -0.39 is 5.69 Å². The van der Waals surface area contributed by atoms with Gasteiger partial charge in [-0.15, -0.1) is 5.10 Å². The van der Waals surface area contributed by atoms with Gasteiger partial charge in [-0.3, -0.25) is 4.79 Å². The number of amides is 1. The minimum atomic E-state index is -0.413. The standard InChI is InChI=1S/C24H25N5O4/c1-15(17-5-9-19(32-3)10-6-17)25-23(30)14-28-24(31)29-16(2)26-21(13-22(29)27-28)18-7-11-20(33-4)12-8-18/h5-13,15H,14H2,1-4H3,(H,25,30)/t15-/m1/s1. The molecule has 0 aliphatic rings. The number of ether oxygens (including phenoxy) is 2. The summed E-state index contributed by atoms with van der Waals surface area (Å²) in [5.74, 6) is 1.66. The lowest BCUT2D eigenvalue weighted by atomic mass is 10.1. The quantitative estimate of drug-likeness (QED) is 0.468. The van der Waals surface area contributed by atoms with Crippen molar-refractivity contribution in [2.45, 2.75) is 26.4 Å². The van der Waals surface area contributed by atoms with Crippen LogP contribution in [0.1, 0.15) is 24.4 Å². The minimum absolute atomic E-state index is 0.196. The van der Waals surface area contributed by atoms with Crippen LogP contribution in [0.4, 0.5) is 0 Å². The normalized spacial score (nSPS) is 11.9. The summed E-state index contributed by atoms with van der Waals surface area (Å²) in [5, 5.41) is 7.26. The highest BCUT2D eigenvalue weighted by Gasteiger charge is 2.16. The number of nitrogens with one attached hydrogen (secondary N) is 1. The van der Waals surface area contributed by atoms with Gasteiger partial charge in [-0.2, -0.15) is 0 Å². The third-order valence-corrected chi connectivity index (χ3v) is 5.41. The largest absolute Gasteiger partial charge is 0.497 e. The molecule has 33 heavy (non-hydrogen) atoms. The van der Waals surface area contributed by atoms with Crippen LogP contribution < -0.4 is 20.5 Å². The maximum Gasteiger partial charge on any atom is 0.352 e. The van der Waals surface area contributed by atoms with E-state index in [1.54, 1.807) is 27.2 Å². The van der Waals surface area contributed by atoms with Crippen molar-refractivity contribution in [1.82, 2.24) is 24.5 Å². The summed E-state index contributed by atoms with van der Waals surface area (Å²) < 4.78 is 12.9. The van der Waals surface area contributed by atoms with E-state index >= 15 is 0 Å². The summed E-state index contributed by atoms with van der Waals surface area (Å²) >= 11 is 0. The molecule has 0 saturated heterocycles. The Hall–Kier alpha value is -4.14. The second-order valence-electron chi connectivity index (χ2n) is 7.61. The number of methoxy groups -OCH3 is 2. The summed E-state index contributed by atoms with van der Waals surface area (Å²) in [5.41, 5.74) is 2.49. The first-order chi connectivity index (χ1) is 15.9. The van der Waals surface area contributed by atoms with Crippen LogP contribution in [0.2, 0.25) is 0 Å². The molecule has 1 N–H and O–H groups in total. The predicted octanol–water partition coefficient (Wildman–Crippen LogP) is 2.76. The van der Waals surface area contributed by atoms with Crippen LogP contribution in [-0.4, -0.2) is 39.3 Å². The number of carbonyl (C=O) groups is 1. The zero-order valence-electron chi connectivity index (χ0n) is 18.9. The second-order valence-corrected chi connectivity index (χ2v) is 7.61. The summed E-state index contributed by atoms with van der Waals surface area (Å²) in [4.78, 5) is 30.0. The van der Waals surface area contributed by atoms with Gasteiger partial charge < -0.3 is 14.8 Å². The highest BCUT2D eigenvalue weighted by molar-refractivity contribution is 5.76. The Labute approximate surface area is 190 Å². The molecule has 0 unspecified atom stereocenters. The van der Waals surface area contributed by atoms with Crippen molar-refractivity contribution >= 4 is 11.6 Å². The molecule has 2 aromatic carbocycles. The molecule has 170 valence electrons. The highest BCUT2D eigenvalue weighted by Crippen LogP contribution is 2.22. The van der Waals surface area contributed by atoms with Crippen LogP contribution in [0.5, 0.6) is 11.5 Å². The molecular weight excluding hydrogens is 422 g/mol. The van der Waals surface area contributed by atoms with Gasteiger partial charge >= 0.3 is 5.69 Å². The zero-order chi connectivity index (χ0) is 23.5. The van der Waals surface area contributed by atoms with Crippen molar-refractivity contribution in [3.05, 3.63) is 76.5 Å². The maximum atomic E-state index is 12.9. The van der Waals surface area contributed by atoms with Gasteiger partial charge in [-0.05, 0) is 55.8 Å². The van der Waals surface area contributed by atoms with Crippen molar-refractivity contribution in [2.24, 2.45) is 0 Å². The fourth-order valence-electron chi connectivity index (χ4n) is 3.61. The van der Waals surface area contributed by atoms with Gasteiger partial charge in [0.25, 0.3) is 0 Å². The Morgan fingerprint density at radius 1 is 1.03 bits per heavy atom. The lowest BCUT2D eigenvalue weighted by Crippen LogP contribution is -2.34. The van der Waals surface area contributed by atoms with Gasteiger partial charge in [0, 0.05) is 11.6 Å². The SMILES string of the molecule is COc1ccc(-c2cc3nn(CC(=O)N[C@H](C)c4ccc(OC)cc4)c(=O)n3c(C)n2)cc1. The first kappa shape index (κ1) is 22.1. The molecule has 4 aromatic rings. The number of fused-ring (bicyclic) bond motifs is 1. The van der Waals surface area contributed by atoms with Gasteiger partial charge in [0.05, 0.1) is 26.0 Å².